The SMILES string of the molecule is O=c1[nH]c(C2CCNC2)nc2c1CCC2. The van der Waals surface area contributed by atoms with Crippen LogP contribution in [-0.2, 0) is 12.8 Å². The predicted octanol–water partition coefficient (Wildman–Crippen LogP) is 0.335. The van der Waals surface area contributed by atoms with Gasteiger partial charge < -0.3 is 10.3 Å². The first-order valence-corrected chi connectivity index (χ1v) is 5.67. The minimum Gasteiger partial charge on any atom is -0.316 e. The van der Waals surface area contributed by atoms with Crippen molar-refractivity contribution in [2.45, 2.75) is 31.6 Å². The van der Waals surface area contributed by atoms with Gasteiger partial charge in [-0.05, 0) is 32.2 Å². The van der Waals surface area contributed by atoms with Crippen molar-refractivity contribution >= 4 is 0 Å². The Bertz CT molecular complexity index is 432. The van der Waals surface area contributed by atoms with E-state index in [2.05, 4.69) is 15.3 Å². The van der Waals surface area contributed by atoms with E-state index < -0.39 is 0 Å². The van der Waals surface area contributed by atoms with Gasteiger partial charge >= 0.3 is 0 Å². The van der Waals surface area contributed by atoms with Crippen molar-refractivity contribution < 1.29 is 0 Å². The van der Waals surface area contributed by atoms with Crippen molar-refractivity contribution in [1.29, 1.82) is 0 Å². The van der Waals surface area contributed by atoms with Crippen molar-refractivity contribution in [3.05, 3.63) is 27.4 Å². The highest BCUT2D eigenvalue weighted by atomic mass is 16.1. The Labute approximate surface area is 88.1 Å². The monoisotopic (exact) mass is 205 g/mol. The van der Waals surface area contributed by atoms with E-state index in [0.717, 1.165) is 55.9 Å². The molecule has 2 aliphatic rings. The van der Waals surface area contributed by atoms with Crippen molar-refractivity contribution in [2.75, 3.05) is 13.1 Å². The van der Waals surface area contributed by atoms with Crippen molar-refractivity contribution in [3.63, 3.8) is 0 Å². The molecule has 1 unspecified atom stereocenters. The van der Waals surface area contributed by atoms with Crippen LogP contribution in [0.2, 0.25) is 0 Å². The lowest BCUT2D eigenvalue weighted by Gasteiger charge is -2.08. The van der Waals surface area contributed by atoms with E-state index in [4.69, 9.17) is 0 Å². The molecular formula is C11H15N3O. The zero-order chi connectivity index (χ0) is 10.3. The summed E-state index contributed by atoms with van der Waals surface area (Å²) in [4.78, 5) is 19.3. The van der Waals surface area contributed by atoms with Crippen LogP contribution in [0, 0.1) is 0 Å². The molecule has 2 heterocycles. The van der Waals surface area contributed by atoms with Gasteiger partial charge in [-0.25, -0.2) is 4.98 Å². The minimum atomic E-state index is 0.0967. The van der Waals surface area contributed by atoms with Crippen LogP contribution in [0.3, 0.4) is 0 Å². The molecule has 1 aliphatic heterocycles. The normalized spacial score (nSPS) is 24.4. The molecule has 0 bridgehead atoms. The zero-order valence-electron chi connectivity index (χ0n) is 8.68. The average Bonchev–Trinajstić information content (AvgIpc) is 2.88. The van der Waals surface area contributed by atoms with Crippen molar-refractivity contribution in [1.82, 2.24) is 15.3 Å². The first-order chi connectivity index (χ1) is 7.34. The molecule has 4 nitrogen and oxygen atoms in total. The first-order valence-electron chi connectivity index (χ1n) is 5.67. The third-order valence-corrected chi connectivity index (χ3v) is 3.41. The van der Waals surface area contributed by atoms with Gasteiger partial charge in [-0.2, -0.15) is 0 Å². The van der Waals surface area contributed by atoms with E-state index in [1.54, 1.807) is 0 Å². The number of aryl methyl sites for hydroxylation is 1. The topological polar surface area (TPSA) is 57.8 Å². The lowest BCUT2D eigenvalue weighted by atomic mass is 10.1. The van der Waals surface area contributed by atoms with Gasteiger partial charge in [0, 0.05) is 18.0 Å². The van der Waals surface area contributed by atoms with Gasteiger partial charge in [-0.15, -0.1) is 0 Å². The fraction of sp³-hybridized carbons (Fsp3) is 0.636. The predicted molar refractivity (Wildman–Crippen MR) is 57.1 cm³/mol. The van der Waals surface area contributed by atoms with E-state index in [1.807, 2.05) is 0 Å². The summed E-state index contributed by atoms with van der Waals surface area (Å²) >= 11 is 0. The maximum absolute atomic E-state index is 11.8. The smallest absolute Gasteiger partial charge is 0.254 e. The molecule has 1 aromatic rings. The molecule has 80 valence electrons. The Kier molecular flexibility index (Phi) is 2.09. The first kappa shape index (κ1) is 9.09. The molecule has 1 fully saturated rings. The Morgan fingerprint density at radius 3 is 3.07 bits per heavy atom. The van der Waals surface area contributed by atoms with Gasteiger partial charge in [0.25, 0.3) is 5.56 Å². The number of fused-ring (bicyclic) bond motifs is 1. The quantitative estimate of drug-likeness (QED) is 0.695. The number of nitrogens with one attached hydrogen (secondary N) is 2. The second-order valence-corrected chi connectivity index (χ2v) is 4.42. The number of rotatable bonds is 1. The van der Waals surface area contributed by atoms with Crippen LogP contribution >= 0.6 is 0 Å². The highest BCUT2D eigenvalue weighted by Crippen LogP contribution is 2.21. The van der Waals surface area contributed by atoms with E-state index in [9.17, 15) is 4.79 Å². The van der Waals surface area contributed by atoms with Crippen LogP contribution in [0.15, 0.2) is 4.79 Å². The van der Waals surface area contributed by atoms with Gasteiger partial charge in [0.05, 0.1) is 5.69 Å². The molecule has 2 N–H and O–H groups in total. The molecule has 1 aromatic heterocycles. The lowest BCUT2D eigenvalue weighted by molar-refractivity contribution is 0.688. The van der Waals surface area contributed by atoms with E-state index >= 15 is 0 Å². The zero-order valence-corrected chi connectivity index (χ0v) is 8.68. The van der Waals surface area contributed by atoms with E-state index in [1.165, 1.54) is 0 Å². The average molecular weight is 205 g/mol. The molecule has 0 saturated carbocycles. The number of H-pyrrole nitrogens is 1. The minimum absolute atomic E-state index is 0.0967. The number of hydrogen-bond donors (Lipinski definition) is 2. The lowest BCUT2D eigenvalue weighted by Crippen LogP contribution is -2.20. The molecule has 0 spiro atoms. The molecule has 0 amide bonds. The summed E-state index contributed by atoms with van der Waals surface area (Å²) in [7, 11) is 0. The molecule has 1 saturated heterocycles. The van der Waals surface area contributed by atoms with Gasteiger partial charge in [0.2, 0.25) is 0 Å². The highest BCUT2D eigenvalue weighted by molar-refractivity contribution is 5.23. The Balaban J connectivity index is 2.03. The van der Waals surface area contributed by atoms with Gasteiger partial charge in [0.15, 0.2) is 0 Å². The highest BCUT2D eigenvalue weighted by Gasteiger charge is 2.23. The third-order valence-electron chi connectivity index (χ3n) is 3.41. The molecule has 4 heteroatoms. The van der Waals surface area contributed by atoms with E-state index in [-0.39, 0.29) is 5.56 Å². The fourth-order valence-electron chi connectivity index (χ4n) is 2.54. The van der Waals surface area contributed by atoms with Crippen molar-refractivity contribution in [3.8, 4) is 0 Å². The van der Waals surface area contributed by atoms with Crippen LogP contribution in [0.5, 0.6) is 0 Å². The van der Waals surface area contributed by atoms with Crippen LogP contribution in [-0.4, -0.2) is 23.1 Å². The Morgan fingerprint density at radius 2 is 2.27 bits per heavy atom. The molecule has 0 radical (unpaired) electrons. The molecule has 0 aromatic carbocycles. The maximum atomic E-state index is 11.8. The largest absolute Gasteiger partial charge is 0.316 e. The summed E-state index contributed by atoms with van der Waals surface area (Å²) in [6.45, 7) is 1.98. The molecule has 15 heavy (non-hydrogen) atoms. The standard InChI is InChI=1S/C11H15N3O/c15-11-8-2-1-3-9(8)13-10(14-11)7-4-5-12-6-7/h7,12H,1-6H2,(H,13,14,15). The van der Waals surface area contributed by atoms with Gasteiger partial charge in [0.1, 0.15) is 5.82 Å². The summed E-state index contributed by atoms with van der Waals surface area (Å²) in [6, 6.07) is 0. The molecule has 1 atom stereocenters. The number of aromatic nitrogens is 2. The molecule has 3 rings (SSSR count). The van der Waals surface area contributed by atoms with Crippen LogP contribution in [0.1, 0.15) is 35.8 Å². The number of aromatic amines is 1. The van der Waals surface area contributed by atoms with Crippen molar-refractivity contribution in [2.24, 2.45) is 0 Å². The summed E-state index contributed by atoms with van der Waals surface area (Å²) in [5.41, 5.74) is 2.06. The number of nitrogens with zero attached hydrogens (tertiary/aromatic N) is 1. The van der Waals surface area contributed by atoms with Crippen LogP contribution in [0.4, 0.5) is 0 Å². The Morgan fingerprint density at radius 1 is 1.33 bits per heavy atom. The molecular weight excluding hydrogens is 190 g/mol. The molecule has 1 aliphatic carbocycles. The second kappa shape index (κ2) is 3.45. The van der Waals surface area contributed by atoms with Crippen LogP contribution < -0.4 is 10.9 Å². The fourth-order valence-corrected chi connectivity index (χ4v) is 2.54. The summed E-state index contributed by atoms with van der Waals surface area (Å²) in [5.74, 6) is 1.30. The van der Waals surface area contributed by atoms with Gasteiger partial charge in [-0.1, -0.05) is 0 Å². The Hall–Kier alpha value is -1.16. The summed E-state index contributed by atoms with van der Waals surface area (Å²) in [5, 5.41) is 3.30. The summed E-state index contributed by atoms with van der Waals surface area (Å²) in [6.07, 6.45) is 4.05. The number of hydrogen-bond acceptors (Lipinski definition) is 3. The maximum Gasteiger partial charge on any atom is 0.254 e. The second-order valence-electron chi connectivity index (χ2n) is 4.42. The van der Waals surface area contributed by atoms with Crippen LogP contribution in [0.25, 0.3) is 0 Å². The third kappa shape index (κ3) is 1.49. The summed E-state index contributed by atoms with van der Waals surface area (Å²) < 4.78 is 0. The van der Waals surface area contributed by atoms with Gasteiger partial charge in [-0.3, -0.25) is 4.79 Å². The van der Waals surface area contributed by atoms with E-state index in [0.29, 0.717) is 5.92 Å².